The first-order valence-corrected chi connectivity index (χ1v) is 11.7. The first-order valence-electron chi connectivity index (χ1n) is 9.39. The van der Waals surface area contributed by atoms with Crippen LogP contribution in [0.5, 0.6) is 0 Å². The molecule has 1 aliphatic rings. The molecule has 1 fully saturated rings. The molecule has 1 aromatic carbocycles. The Hall–Kier alpha value is -2.66. The van der Waals surface area contributed by atoms with Gasteiger partial charge in [0.05, 0.1) is 30.3 Å². The lowest BCUT2D eigenvalue weighted by Crippen LogP contribution is -2.44. The summed E-state index contributed by atoms with van der Waals surface area (Å²) in [6.45, 7) is 3.60. The third-order valence-electron chi connectivity index (χ3n) is 4.64. The summed E-state index contributed by atoms with van der Waals surface area (Å²) < 4.78 is 50.8. The van der Waals surface area contributed by atoms with E-state index in [-0.39, 0.29) is 17.8 Å². The lowest BCUT2D eigenvalue weighted by molar-refractivity contribution is 0.0985. The summed E-state index contributed by atoms with van der Waals surface area (Å²) in [5.41, 5.74) is 0.870. The third kappa shape index (κ3) is 4.12. The summed E-state index contributed by atoms with van der Waals surface area (Å²) in [5, 5.41) is 0. The fourth-order valence-corrected chi connectivity index (χ4v) is 3.94. The van der Waals surface area contributed by atoms with Gasteiger partial charge in [-0.2, -0.15) is 14.3 Å². The van der Waals surface area contributed by atoms with Crippen LogP contribution in [0.25, 0.3) is 17.0 Å². The number of ether oxygens (including phenoxy) is 1. The van der Waals surface area contributed by atoms with Crippen molar-refractivity contribution in [2.24, 2.45) is 4.36 Å². The van der Waals surface area contributed by atoms with Crippen molar-refractivity contribution >= 4 is 32.4 Å². The van der Waals surface area contributed by atoms with E-state index in [2.05, 4.69) is 19.3 Å². The second-order valence-electron chi connectivity index (χ2n) is 7.37. The number of anilines is 1. The second kappa shape index (κ2) is 7.88. The van der Waals surface area contributed by atoms with Crippen LogP contribution in [0.3, 0.4) is 0 Å². The number of alkyl halides is 2. The van der Waals surface area contributed by atoms with E-state index in [1.54, 1.807) is 30.3 Å². The molecule has 2 aromatic heterocycles. The van der Waals surface area contributed by atoms with Crippen LogP contribution in [0, 0.1) is 0 Å². The number of para-hydroxylation sites is 2. The number of rotatable bonds is 4. The molecule has 1 aliphatic heterocycles. The molecule has 3 aromatic rings. The molecular formula is C19H22F2N6O2S. The van der Waals surface area contributed by atoms with Crippen molar-refractivity contribution in [1.29, 1.82) is 0 Å². The van der Waals surface area contributed by atoms with Gasteiger partial charge in [-0.25, -0.2) is 18.0 Å². The summed E-state index contributed by atoms with van der Waals surface area (Å²) in [6.07, 6.45) is 0.153. The van der Waals surface area contributed by atoms with E-state index in [0.29, 0.717) is 36.6 Å². The summed E-state index contributed by atoms with van der Waals surface area (Å²) >= 11 is 0. The topological polar surface area (TPSA) is 85.5 Å². The van der Waals surface area contributed by atoms with E-state index in [1.807, 2.05) is 11.8 Å². The highest BCUT2D eigenvalue weighted by Crippen LogP contribution is 2.29. The van der Waals surface area contributed by atoms with E-state index in [4.69, 9.17) is 4.74 Å². The lowest BCUT2D eigenvalue weighted by atomic mass is 10.2. The normalized spacial score (nSPS) is 17.7. The van der Waals surface area contributed by atoms with Crippen LogP contribution in [0.15, 0.2) is 34.7 Å². The predicted octanol–water partition coefficient (Wildman–Crippen LogP) is 3.34. The van der Waals surface area contributed by atoms with Crippen molar-refractivity contribution in [3.8, 4) is 5.95 Å². The van der Waals surface area contributed by atoms with Gasteiger partial charge in [-0.3, -0.25) is 4.57 Å². The van der Waals surface area contributed by atoms with Crippen molar-refractivity contribution in [2.45, 2.75) is 19.4 Å². The molecule has 11 heteroatoms. The SMILES string of the molecule is C[C@@H]1COCCN1c1cc(N=S(C)(C)=O)nc(-n2c(C(F)F)nc3ccccc32)n1. The summed E-state index contributed by atoms with van der Waals surface area (Å²) in [6, 6.07) is 8.45. The van der Waals surface area contributed by atoms with Gasteiger partial charge in [-0.1, -0.05) is 12.1 Å². The lowest BCUT2D eigenvalue weighted by Gasteiger charge is -2.34. The smallest absolute Gasteiger partial charge is 0.296 e. The van der Waals surface area contributed by atoms with Crippen molar-refractivity contribution < 1.29 is 17.7 Å². The molecule has 0 radical (unpaired) electrons. The number of hydrogen-bond donors (Lipinski definition) is 0. The maximum Gasteiger partial charge on any atom is 0.296 e. The molecule has 0 aliphatic carbocycles. The van der Waals surface area contributed by atoms with Gasteiger partial charge in [-0.15, -0.1) is 0 Å². The number of halogens is 2. The molecule has 1 saturated heterocycles. The number of imidazole rings is 1. The average molecular weight is 436 g/mol. The highest BCUT2D eigenvalue weighted by atomic mass is 32.2. The molecule has 0 amide bonds. The van der Waals surface area contributed by atoms with Gasteiger partial charge in [0.1, 0.15) is 5.82 Å². The number of nitrogens with zero attached hydrogens (tertiary/aromatic N) is 6. The Kier molecular flexibility index (Phi) is 5.41. The maximum atomic E-state index is 13.8. The zero-order valence-electron chi connectivity index (χ0n) is 16.8. The van der Waals surface area contributed by atoms with Gasteiger partial charge in [0.25, 0.3) is 6.43 Å². The summed E-state index contributed by atoms with van der Waals surface area (Å²) in [4.78, 5) is 15.0. The predicted molar refractivity (Wildman–Crippen MR) is 111 cm³/mol. The first kappa shape index (κ1) is 20.6. The molecule has 1 atom stereocenters. The zero-order valence-corrected chi connectivity index (χ0v) is 17.6. The minimum Gasteiger partial charge on any atom is -0.377 e. The van der Waals surface area contributed by atoms with E-state index < -0.39 is 22.0 Å². The molecule has 0 unspecified atom stereocenters. The highest BCUT2D eigenvalue weighted by molar-refractivity contribution is 7.92. The number of aromatic nitrogens is 4. The Morgan fingerprint density at radius 3 is 2.70 bits per heavy atom. The monoisotopic (exact) mass is 436 g/mol. The largest absolute Gasteiger partial charge is 0.377 e. The molecule has 3 heterocycles. The van der Waals surface area contributed by atoms with Crippen LogP contribution in [0.2, 0.25) is 0 Å². The van der Waals surface area contributed by atoms with E-state index in [9.17, 15) is 13.0 Å². The summed E-state index contributed by atoms with van der Waals surface area (Å²) in [7, 11) is -2.52. The number of benzene rings is 1. The van der Waals surface area contributed by atoms with Crippen molar-refractivity contribution in [2.75, 3.05) is 37.2 Å². The fourth-order valence-electron chi connectivity index (χ4n) is 3.40. The van der Waals surface area contributed by atoms with E-state index in [0.717, 1.165) is 0 Å². The minimum absolute atomic E-state index is 0.0117. The standard InChI is InChI=1S/C19H22F2N6O2S/c1-12-11-29-9-8-26(12)16-10-15(25-30(2,3)28)23-19(24-16)27-14-7-5-4-6-13(14)22-18(27)17(20)21/h4-7,10,12,17H,8-9,11H2,1-3H3/t12-/m1/s1. The number of hydrogen-bond acceptors (Lipinski definition) is 7. The molecule has 0 saturated carbocycles. The quantitative estimate of drug-likeness (QED) is 0.624. The molecule has 30 heavy (non-hydrogen) atoms. The van der Waals surface area contributed by atoms with Crippen molar-refractivity contribution in [3.63, 3.8) is 0 Å². The molecule has 160 valence electrons. The third-order valence-corrected chi connectivity index (χ3v) is 5.27. The maximum absolute atomic E-state index is 13.8. The Morgan fingerprint density at radius 2 is 2.00 bits per heavy atom. The Bertz CT molecular complexity index is 1200. The Balaban J connectivity index is 1.97. The van der Waals surface area contributed by atoms with Crippen LogP contribution in [-0.2, 0) is 14.5 Å². The van der Waals surface area contributed by atoms with E-state index in [1.165, 1.54) is 17.1 Å². The van der Waals surface area contributed by atoms with Gasteiger partial charge in [0.15, 0.2) is 11.6 Å². The Labute approximate surface area is 173 Å². The van der Waals surface area contributed by atoms with Crippen LogP contribution in [0.4, 0.5) is 20.4 Å². The van der Waals surface area contributed by atoms with Crippen molar-refractivity contribution in [3.05, 3.63) is 36.2 Å². The minimum atomic E-state index is -2.83. The van der Waals surface area contributed by atoms with Crippen molar-refractivity contribution in [1.82, 2.24) is 19.5 Å². The second-order valence-corrected chi connectivity index (χ2v) is 9.91. The molecular weight excluding hydrogens is 414 g/mol. The molecule has 8 nitrogen and oxygen atoms in total. The average Bonchev–Trinajstić information content (AvgIpc) is 3.07. The fraction of sp³-hybridized carbons (Fsp3) is 0.421. The highest BCUT2D eigenvalue weighted by Gasteiger charge is 2.25. The van der Waals surface area contributed by atoms with Gasteiger partial charge < -0.3 is 9.64 Å². The van der Waals surface area contributed by atoms with Crippen LogP contribution in [0.1, 0.15) is 19.2 Å². The van der Waals surface area contributed by atoms with Gasteiger partial charge >= 0.3 is 0 Å². The number of morpholine rings is 1. The molecule has 0 N–H and O–H groups in total. The molecule has 0 spiro atoms. The number of fused-ring (bicyclic) bond motifs is 1. The molecule has 0 bridgehead atoms. The van der Waals surface area contributed by atoms with E-state index >= 15 is 0 Å². The van der Waals surface area contributed by atoms with Gasteiger partial charge in [0.2, 0.25) is 5.95 Å². The van der Waals surface area contributed by atoms with Gasteiger partial charge in [-0.05, 0) is 19.1 Å². The first-order chi connectivity index (χ1) is 14.2. The Morgan fingerprint density at radius 1 is 1.23 bits per heavy atom. The molecule has 4 rings (SSSR count). The van der Waals surface area contributed by atoms with Crippen LogP contribution < -0.4 is 4.90 Å². The summed E-state index contributed by atoms with van der Waals surface area (Å²) in [5.74, 6) is 0.235. The van der Waals surface area contributed by atoms with Gasteiger partial charge in [0, 0.05) is 34.9 Å². The zero-order chi connectivity index (χ0) is 21.5. The van der Waals surface area contributed by atoms with Crippen LogP contribution >= 0.6 is 0 Å². The van der Waals surface area contributed by atoms with Crippen LogP contribution in [-0.4, -0.2) is 62.0 Å².